The van der Waals surface area contributed by atoms with Crippen molar-refractivity contribution in [2.24, 2.45) is 0 Å². The fourth-order valence-corrected chi connectivity index (χ4v) is 1.93. The standard InChI is InChI=1S/C11H13F2NO/c1-7-10-3-2-9(15-11(12)13)6-8(10)4-5-14-7/h2-3,6-7,11,14H,4-5H2,1H3. The van der Waals surface area contributed by atoms with E-state index in [0.29, 0.717) is 0 Å². The first-order chi connectivity index (χ1) is 7.16. The zero-order valence-corrected chi connectivity index (χ0v) is 8.47. The van der Waals surface area contributed by atoms with Crippen molar-refractivity contribution in [2.75, 3.05) is 6.54 Å². The summed E-state index contributed by atoms with van der Waals surface area (Å²) in [5.74, 6) is 0.248. The molecule has 1 aromatic rings. The third-order valence-electron chi connectivity index (χ3n) is 2.65. The summed E-state index contributed by atoms with van der Waals surface area (Å²) in [6.07, 6.45) is 0.861. The summed E-state index contributed by atoms with van der Waals surface area (Å²) in [7, 11) is 0. The zero-order valence-electron chi connectivity index (χ0n) is 8.47. The summed E-state index contributed by atoms with van der Waals surface area (Å²) in [5.41, 5.74) is 2.27. The molecule has 82 valence electrons. The van der Waals surface area contributed by atoms with Crippen molar-refractivity contribution in [3.63, 3.8) is 0 Å². The number of rotatable bonds is 2. The first kappa shape index (κ1) is 10.4. The molecule has 0 spiro atoms. The Labute approximate surface area is 87.2 Å². The van der Waals surface area contributed by atoms with E-state index in [1.807, 2.05) is 6.07 Å². The van der Waals surface area contributed by atoms with E-state index in [-0.39, 0.29) is 11.8 Å². The van der Waals surface area contributed by atoms with Gasteiger partial charge in [-0.3, -0.25) is 0 Å². The van der Waals surface area contributed by atoms with Crippen molar-refractivity contribution in [1.82, 2.24) is 5.32 Å². The van der Waals surface area contributed by atoms with Crippen LogP contribution in [0.25, 0.3) is 0 Å². The van der Waals surface area contributed by atoms with E-state index in [0.717, 1.165) is 18.5 Å². The fourth-order valence-electron chi connectivity index (χ4n) is 1.93. The van der Waals surface area contributed by atoms with Crippen molar-refractivity contribution in [3.8, 4) is 5.75 Å². The maximum atomic E-state index is 12.0. The maximum absolute atomic E-state index is 12.0. The third-order valence-corrected chi connectivity index (χ3v) is 2.65. The first-order valence-electron chi connectivity index (χ1n) is 4.98. The summed E-state index contributed by atoms with van der Waals surface area (Å²) in [6, 6.07) is 5.44. The predicted molar refractivity (Wildman–Crippen MR) is 53.2 cm³/mol. The molecule has 1 aliphatic rings. The lowest BCUT2D eigenvalue weighted by molar-refractivity contribution is -0.0499. The lowest BCUT2D eigenvalue weighted by Crippen LogP contribution is -2.27. The molecule has 0 amide bonds. The molecule has 1 aromatic carbocycles. The zero-order chi connectivity index (χ0) is 10.8. The molecule has 0 fully saturated rings. The third kappa shape index (κ3) is 2.26. The minimum atomic E-state index is -2.75. The van der Waals surface area contributed by atoms with Gasteiger partial charge in [-0.15, -0.1) is 0 Å². The van der Waals surface area contributed by atoms with Crippen LogP contribution in [0.2, 0.25) is 0 Å². The predicted octanol–water partition coefficient (Wildman–Crippen LogP) is 2.49. The van der Waals surface area contributed by atoms with E-state index in [1.54, 1.807) is 12.1 Å². The van der Waals surface area contributed by atoms with Gasteiger partial charge in [-0.05, 0) is 43.1 Å². The van der Waals surface area contributed by atoms with Crippen molar-refractivity contribution in [1.29, 1.82) is 0 Å². The van der Waals surface area contributed by atoms with Crippen LogP contribution in [0.5, 0.6) is 5.75 Å². The van der Waals surface area contributed by atoms with Gasteiger partial charge >= 0.3 is 6.61 Å². The van der Waals surface area contributed by atoms with Crippen molar-refractivity contribution in [2.45, 2.75) is 26.0 Å². The molecular weight excluding hydrogens is 200 g/mol. The van der Waals surface area contributed by atoms with Crippen LogP contribution in [0, 0.1) is 0 Å². The second-order valence-corrected chi connectivity index (χ2v) is 3.66. The van der Waals surface area contributed by atoms with Gasteiger partial charge in [-0.1, -0.05) is 6.07 Å². The van der Waals surface area contributed by atoms with Crippen molar-refractivity contribution in [3.05, 3.63) is 29.3 Å². The second-order valence-electron chi connectivity index (χ2n) is 3.66. The molecule has 1 heterocycles. The Morgan fingerprint density at radius 2 is 2.27 bits per heavy atom. The lowest BCUT2D eigenvalue weighted by Gasteiger charge is -2.24. The number of fused-ring (bicyclic) bond motifs is 1. The number of benzene rings is 1. The molecule has 2 rings (SSSR count). The molecule has 0 aliphatic carbocycles. The summed E-state index contributed by atoms with van der Waals surface area (Å²) < 4.78 is 28.4. The van der Waals surface area contributed by atoms with Crippen LogP contribution >= 0.6 is 0 Å². The van der Waals surface area contributed by atoms with Gasteiger partial charge in [0, 0.05) is 6.04 Å². The summed E-state index contributed by atoms with van der Waals surface area (Å²) >= 11 is 0. The van der Waals surface area contributed by atoms with Crippen molar-refractivity contribution >= 4 is 0 Å². The number of ether oxygens (including phenoxy) is 1. The molecule has 0 saturated carbocycles. The molecule has 0 bridgehead atoms. The van der Waals surface area contributed by atoms with Crippen LogP contribution in [0.4, 0.5) is 8.78 Å². The van der Waals surface area contributed by atoms with Crippen LogP contribution in [-0.4, -0.2) is 13.2 Å². The molecular formula is C11H13F2NO. The SMILES string of the molecule is CC1NCCc2cc(OC(F)F)ccc21. The monoisotopic (exact) mass is 213 g/mol. The number of halogens is 2. The highest BCUT2D eigenvalue weighted by Crippen LogP contribution is 2.26. The molecule has 4 heteroatoms. The van der Waals surface area contributed by atoms with Crippen LogP contribution < -0.4 is 10.1 Å². The van der Waals surface area contributed by atoms with E-state index < -0.39 is 6.61 Å². The minimum absolute atomic E-state index is 0.248. The van der Waals surface area contributed by atoms with Gasteiger partial charge in [0.25, 0.3) is 0 Å². The number of hydrogen-bond acceptors (Lipinski definition) is 2. The Bertz CT molecular complexity index is 354. The Kier molecular flexibility index (Phi) is 2.86. The Balaban J connectivity index is 2.25. The Hall–Kier alpha value is -1.16. The van der Waals surface area contributed by atoms with Crippen LogP contribution in [-0.2, 0) is 6.42 Å². The maximum Gasteiger partial charge on any atom is 0.387 e. The molecule has 1 N–H and O–H groups in total. The Morgan fingerprint density at radius 3 is 3.00 bits per heavy atom. The van der Waals surface area contributed by atoms with Gasteiger partial charge in [0.1, 0.15) is 5.75 Å². The highest BCUT2D eigenvalue weighted by atomic mass is 19.3. The molecule has 15 heavy (non-hydrogen) atoms. The summed E-state index contributed by atoms with van der Waals surface area (Å²) in [6.45, 7) is 0.194. The van der Waals surface area contributed by atoms with Gasteiger partial charge in [-0.2, -0.15) is 8.78 Å². The van der Waals surface area contributed by atoms with Crippen LogP contribution in [0.1, 0.15) is 24.1 Å². The van der Waals surface area contributed by atoms with E-state index >= 15 is 0 Å². The van der Waals surface area contributed by atoms with Gasteiger partial charge < -0.3 is 10.1 Å². The van der Waals surface area contributed by atoms with E-state index in [9.17, 15) is 8.78 Å². The topological polar surface area (TPSA) is 21.3 Å². The number of hydrogen-bond donors (Lipinski definition) is 1. The molecule has 1 aliphatic heterocycles. The molecule has 1 atom stereocenters. The quantitative estimate of drug-likeness (QED) is 0.815. The lowest BCUT2D eigenvalue weighted by atomic mass is 9.95. The molecule has 0 radical (unpaired) electrons. The van der Waals surface area contributed by atoms with Gasteiger partial charge in [0.2, 0.25) is 0 Å². The average Bonchev–Trinajstić information content (AvgIpc) is 2.17. The number of alkyl halides is 2. The first-order valence-corrected chi connectivity index (χ1v) is 4.98. The molecule has 0 aromatic heterocycles. The highest BCUT2D eigenvalue weighted by Gasteiger charge is 2.16. The molecule has 2 nitrogen and oxygen atoms in total. The van der Waals surface area contributed by atoms with Gasteiger partial charge in [0.05, 0.1) is 0 Å². The van der Waals surface area contributed by atoms with Crippen LogP contribution in [0.15, 0.2) is 18.2 Å². The number of nitrogens with one attached hydrogen (secondary N) is 1. The van der Waals surface area contributed by atoms with E-state index in [2.05, 4.69) is 17.0 Å². The normalized spacial score (nSPS) is 20.1. The second kappa shape index (κ2) is 4.14. The average molecular weight is 213 g/mol. The largest absolute Gasteiger partial charge is 0.435 e. The molecule has 1 unspecified atom stereocenters. The Morgan fingerprint density at radius 1 is 1.47 bits per heavy atom. The minimum Gasteiger partial charge on any atom is -0.435 e. The van der Waals surface area contributed by atoms with E-state index in [4.69, 9.17) is 0 Å². The fraction of sp³-hybridized carbons (Fsp3) is 0.455. The van der Waals surface area contributed by atoms with Gasteiger partial charge in [-0.25, -0.2) is 0 Å². The smallest absolute Gasteiger partial charge is 0.387 e. The summed E-state index contributed by atoms with van der Waals surface area (Å²) in [5, 5.41) is 3.31. The van der Waals surface area contributed by atoms with Gasteiger partial charge in [0.15, 0.2) is 0 Å². The van der Waals surface area contributed by atoms with E-state index in [1.165, 1.54) is 5.56 Å². The summed E-state index contributed by atoms with van der Waals surface area (Å²) in [4.78, 5) is 0. The molecule has 0 saturated heterocycles. The van der Waals surface area contributed by atoms with Crippen molar-refractivity contribution < 1.29 is 13.5 Å². The highest BCUT2D eigenvalue weighted by molar-refractivity contribution is 5.38. The van der Waals surface area contributed by atoms with Crippen LogP contribution in [0.3, 0.4) is 0 Å².